The van der Waals surface area contributed by atoms with Crippen molar-refractivity contribution in [1.29, 1.82) is 0 Å². The van der Waals surface area contributed by atoms with Crippen molar-refractivity contribution in [2.45, 2.75) is 32.2 Å². The summed E-state index contributed by atoms with van der Waals surface area (Å²) in [6, 6.07) is 0.309. The zero-order chi connectivity index (χ0) is 10.4. The predicted octanol–water partition coefficient (Wildman–Crippen LogP) is 1.22. The normalized spacial score (nSPS) is 20.9. The van der Waals surface area contributed by atoms with E-state index < -0.39 is 0 Å². The fourth-order valence-corrected chi connectivity index (χ4v) is 1.52. The van der Waals surface area contributed by atoms with Gasteiger partial charge in [-0.25, -0.2) is 4.79 Å². The molecule has 1 heterocycles. The lowest BCUT2D eigenvalue weighted by molar-refractivity contribution is 0.0984. The van der Waals surface area contributed by atoms with Gasteiger partial charge in [0.1, 0.15) is 0 Å². The Morgan fingerprint density at radius 3 is 3.00 bits per heavy atom. The molecule has 1 atom stereocenters. The van der Waals surface area contributed by atoms with Gasteiger partial charge in [0.15, 0.2) is 0 Å². The second-order valence-corrected chi connectivity index (χ2v) is 3.73. The summed E-state index contributed by atoms with van der Waals surface area (Å²) in [5.41, 5.74) is 0. The van der Waals surface area contributed by atoms with Crippen molar-refractivity contribution in [2.75, 3.05) is 26.7 Å². The third-order valence-electron chi connectivity index (χ3n) is 2.59. The van der Waals surface area contributed by atoms with E-state index in [1.165, 1.54) is 0 Å². The smallest absolute Gasteiger partial charge is 0.409 e. The molecule has 4 nitrogen and oxygen atoms in total. The Hall–Kier alpha value is -0.770. The molecule has 0 spiro atoms. The van der Waals surface area contributed by atoms with Crippen LogP contribution in [0.2, 0.25) is 0 Å². The van der Waals surface area contributed by atoms with E-state index in [0.717, 1.165) is 32.4 Å². The van der Waals surface area contributed by atoms with Crippen molar-refractivity contribution in [3.05, 3.63) is 0 Å². The summed E-state index contributed by atoms with van der Waals surface area (Å²) in [6.45, 7) is 4.51. The van der Waals surface area contributed by atoms with Crippen molar-refractivity contribution < 1.29 is 9.53 Å². The highest BCUT2D eigenvalue weighted by Crippen LogP contribution is 2.07. The van der Waals surface area contributed by atoms with Gasteiger partial charge in [-0.15, -0.1) is 0 Å². The largest absolute Gasteiger partial charge is 0.449 e. The number of likely N-dealkylation sites (N-methyl/N-ethyl adjacent to an activating group) is 1. The van der Waals surface area contributed by atoms with Crippen LogP contribution in [0.4, 0.5) is 4.79 Å². The number of rotatable bonds is 4. The number of amides is 1. The fourth-order valence-electron chi connectivity index (χ4n) is 1.52. The molecule has 1 unspecified atom stereocenters. The molecule has 1 saturated heterocycles. The van der Waals surface area contributed by atoms with E-state index in [1.807, 2.05) is 7.05 Å². The first-order valence-electron chi connectivity index (χ1n) is 5.36. The molecular formula is C10H20N2O2. The third kappa shape index (κ3) is 3.18. The molecule has 0 aliphatic carbocycles. The Morgan fingerprint density at radius 1 is 1.64 bits per heavy atom. The molecule has 4 heteroatoms. The predicted molar refractivity (Wildman–Crippen MR) is 55.3 cm³/mol. The maximum absolute atomic E-state index is 11.5. The number of nitrogens with one attached hydrogen (secondary N) is 1. The van der Waals surface area contributed by atoms with Gasteiger partial charge in [-0.3, -0.25) is 0 Å². The second-order valence-electron chi connectivity index (χ2n) is 3.73. The molecule has 0 bridgehead atoms. The highest BCUT2D eigenvalue weighted by Gasteiger charge is 2.23. The molecule has 0 aromatic rings. The van der Waals surface area contributed by atoms with Crippen molar-refractivity contribution in [2.24, 2.45) is 0 Å². The lowest BCUT2D eigenvalue weighted by atomic mass is 10.2. The minimum Gasteiger partial charge on any atom is -0.449 e. The maximum atomic E-state index is 11.5. The summed E-state index contributed by atoms with van der Waals surface area (Å²) in [5.74, 6) is 0. The van der Waals surface area contributed by atoms with E-state index in [4.69, 9.17) is 4.74 Å². The summed E-state index contributed by atoms with van der Waals surface area (Å²) in [4.78, 5) is 13.2. The first-order chi connectivity index (χ1) is 6.75. The Kier molecular flexibility index (Phi) is 4.73. The topological polar surface area (TPSA) is 41.6 Å². The van der Waals surface area contributed by atoms with Crippen LogP contribution in [0.3, 0.4) is 0 Å². The molecule has 0 aromatic heterocycles. The van der Waals surface area contributed by atoms with E-state index in [1.54, 1.807) is 4.90 Å². The van der Waals surface area contributed by atoms with E-state index in [-0.39, 0.29) is 6.09 Å². The number of carbonyl (C=O) groups is 1. The fraction of sp³-hybridized carbons (Fsp3) is 0.900. The molecule has 0 saturated carbocycles. The average Bonchev–Trinajstić information content (AvgIpc) is 2.69. The number of hydrogen-bond acceptors (Lipinski definition) is 3. The highest BCUT2D eigenvalue weighted by molar-refractivity contribution is 5.67. The van der Waals surface area contributed by atoms with Gasteiger partial charge in [0.05, 0.1) is 6.61 Å². The molecule has 1 fully saturated rings. The first-order valence-corrected chi connectivity index (χ1v) is 5.36. The quantitative estimate of drug-likeness (QED) is 0.694. The van der Waals surface area contributed by atoms with Gasteiger partial charge in [0, 0.05) is 19.6 Å². The monoisotopic (exact) mass is 200 g/mol. The van der Waals surface area contributed by atoms with Crippen LogP contribution in [-0.4, -0.2) is 43.8 Å². The molecule has 1 aliphatic heterocycles. The number of unbranched alkanes of at least 4 members (excludes halogenated alkanes) is 1. The van der Waals surface area contributed by atoms with Crippen LogP contribution >= 0.6 is 0 Å². The van der Waals surface area contributed by atoms with E-state index in [9.17, 15) is 4.79 Å². The van der Waals surface area contributed by atoms with Crippen molar-refractivity contribution in [3.8, 4) is 0 Å². The van der Waals surface area contributed by atoms with Gasteiger partial charge < -0.3 is 15.0 Å². The van der Waals surface area contributed by atoms with Crippen molar-refractivity contribution in [1.82, 2.24) is 10.2 Å². The third-order valence-corrected chi connectivity index (χ3v) is 2.59. The minimum absolute atomic E-state index is 0.188. The van der Waals surface area contributed by atoms with E-state index in [0.29, 0.717) is 12.6 Å². The molecule has 1 amide bonds. The SMILES string of the molecule is CCCCOC(=O)N(C)C1CCNC1. The number of hydrogen-bond donors (Lipinski definition) is 1. The zero-order valence-corrected chi connectivity index (χ0v) is 9.08. The van der Waals surface area contributed by atoms with Gasteiger partial charge in [0.2, 0.25) is 0 Å². The van der Waals surface area contributed by atoms with Crippen LogP contribution in [0.1, 0.15) is 26.2 Å². The summed E-state index contributed by atoms with van der Waals surface area (Å²) in [6.07, 6.45) is 2.84. The summed E-state index contributed by atoms with van der Waals surface area (Å²) < 4.78 is 5.12. The molecular weight excluding hydrogens is 180 g/mol. The first kappa shape index (κ1) is 11.3. The molecule has 82 valence electrons. The lowest BCUT2D eigenvalue weighted by Crippen LogP contribution is -2.38. The standard InChI is InChI=1S/C10H20N2O2/c1-3-4-7-14-10(13)12(2)9-5-6-11-8-9/h9,11H,3-8H2,1-2H3. The van der Waals surface area contributed by atoms with Crippen LogP contribution in [0.25, 0.3) is 0 Å². The maximum Gasteiger partial charge on any atom is 0.409 e. The summed E-state index contributed by atoms with van der Waals surface area (Å²) in [5, 5.41) is 3.23. The van der Waals surface area contributed by atoms with Crippen LogP contribution in [-0.2, 0) is 4.74 Å². The summed E-state index contributed by atoms with van der Waals surface area (Å²) >= 11 is 0. The second kappa shape index (κ2) is 5.86. The van der Waals surface area contributed by atoms with E-state index in [2.05, 4.69) is 12.2 Å². The van der Waals surface area contributed by atoms with Gasteiger partial charge >= 0.3 is 6.09 Å². The molecule has 0 radical (unpaired) electrons. The van der Waals surface area contributed by atoms with Crippen LogP contribution < -0.4 is 5.32 Å². The lowest BCUT2D eigenvalue weighted by Gasteiger charge is -2.22. The van der Waals surface area contributed by atoms with Crippen LogP contribution in [0, 0.1) is 0 Å². The Bertz CT molecular complexity index is 179. The van der Waals surface area contributed by atoms with Crippen molar-refractivity contribution in [3.63, 3.8) is 0 Å². The molecule has 1 aliphatic rings. The van der Waals surface area contributed by atoms with Gasteiger partial charge in [-0.2, -0.15) is 0 Å². The van der Waals surface area contributed by atoms with Gasteiger partial charge in [-0.1, -0.05) is 13.3 Å². The van der Waals surface area contributed by atoms with Gasteiger partial charge in [0.25, 0.3) is 0 Å². The Balaban J connectivity index is 2.21. The number of ether oxygens (including phenoxy) is 1. The number of carbonyl (C=O) groups excluding carboxylic acids is 1. The van der Waals surface area contributed by atoms with E-state index >= 15 is 0 Å². The minimum atomic E-state index is -0.188. The Morgan fingerprint density at radius 2 is 2.43 bits per heavy atom. The zero-order valence-electron chi connectivity index (χ0n) is 9.08. The molecule has 0 aromatic carbocycles. The van der Waals surface area contributed by atoms with Gasteiger partial charge in [-0.05, 0) is 19.4 Å². The Labute approximate surface area is 85.6 Å². The number of nitrogens with zero attached hydrogens (tertiary/aromatic N) is 1. The molecule has 1 rings (SSSR count). The average molecular weight is 200 g/mol. The molecule has 1 N–H and O–H groups in total. The van der Waals surface area contributed by atoms with Crippen LogP contribution in [0.15, 0.2) is 0 Å². The summed E-state index contributed by atoms with van der Waals surface area (Å²) in [7, 11) is 1.81. The molecule has 14 heavy (non-hydrogen) atoms. The highest BCUT2D eigenvalue weighted by atomic mass is 16.6. The van der Waals surface area contributed by atoms with Crippen molar-refractivity contribution >= 4 is 6.09 Å². The van der Waals surface area contributed by atoms with Crippen LogP contribution in [0.5, 0.6) is 0 Å².